The zero-order valence-corrected chi connectivity index (χ0v) is 10.2. The van der Waals surface area contributed by atoms with Crippen LogP contribution in [0.2, 0.25) is 0 Å². The molecule has 0 saturated heterocycles. The van der Waals surface area contributed by atoms with Gasteiger partial charge in [0.1, 0.15) is 0 Å². The van der Waals surface area contributed by atoms with Gasteiger partial charge in [0.2, 0.25) is 10.0 Å². The Bertz CT molecular complexity index is 482. The van der Waals surface area contributed by atoms with E-state index in [9.17, 15) is 13.2 Å². The van der Waals surface area contributed by atoms with Crippen LogP contribution in [0.5, 0.6) is 0 Å². The maximum atomic E-state index is 11.0. The van der Waals surface area contributed by atoms with Crippen LogP contribution in [0.25, 0.3) is 0 Å². The Morgan fingerprint density at radius 2 is 1.94 bits per heavy atom. The maximum absolute atomic E-state index is 11.0. The lowest BCUT2D eigenvalue weighted by Crippen LogP contribution is -2.12. The Hall–Kier alpha value is -1.60. The second-order valence-corrected chi connectivity index (χ2v) is 4.96. The van der Waals surface area contributed by atoms with Crippen molar-refractivity contribution in [3.63, 3.8) is 0 Å². The minimum absolute atomic E-state index is 0.00272. The molecule has 7 heteroatoms. The van der Waals surface area contributed by atoms with Gasteiger partial charge >= 0.3 is 5.97 Å². The third-order valence-electron chi connectivity index (χ3n) is 1.92. The van der Waals surface area contributed by atoms with E-state index in [0.29, 0.717) is 18.5 Å². The molecule has 0 saturated carbocycles. The van der Waals surface area contributed by atoms with E-state index in [1.54, 1.807) is 0 Å². The van der Waals surface area contributed by atoms with E-state index >= 15 is 0 Å². The third kappa shape index (κ3) is 4.41. The van der Waals surface area contributed by atoms with E-state index in [4.69, 9.17) is 9.98 Å². The summed E-state index contributed by atoms with van der Waals surface area (Å²) in [5.41, 5.74) is 2.90. The van der Waals surface area contributed by atoms with Gasteiger partial charge in [-0.25, -0.2) is 23.8 Å². The number of anilines is 1. The third-order valence-corrected chi connectivity index (χ3v) is 2.85. The molecular formula is C10H14N2O4S. The van der Waals surface area contributed by atoms with Crippen LogP contribution in [0.15, 0.2) is 29.2 Å². The molecule has 0 bridgehead atoms. The van der Waals surface area contributed by atoms with Crippen LogP contribution >= 0.6 is 0 Å². The number of carbonyl (C=O) groups excluding carboxylic acids is 1. The monoisotopic (exact) mass is 258 g/mol. The first kappa shape index (κ1) is 13.5. The van der Waals surface area contributed by atoms with Gasteiger partial charge in [-0.3, -0.25) is 0 Å². The van der Waals surface area contributed by atoms with Gasteiger partial charge in [-0.2, -0.15) is 0 Å². The molecule has 17 heavy (non-hydrogen) atoms. The van der Waals surface area contributed by atoms with Gasteiger partial charge in [0.15, 0.2) is 0 Å². The molecule has 3 N–H and O–H groups in total. The summed E-state index contributed by atoms with van der Waals surface area (Å²) in [6, 6.07) is 5.56. The molecule has 1 rings (SSSR count). The lowest BCUT2D eigenvalue weighted by atomic mass is 10.3. The fourth-order valence-corrected chi connectivity index (χ4v) is 1.60. The summed E-state index contributed by atoms with van der Waals surface area (Å²) in [4.78, 5) is 15.8. The number of hydrogen-bond acceptors (Lipinski definition) is 5. The minimum atomic E-state index is -3.70. The molecule has 0 heterocycles. The van der Waals surface area contributed by atoms with Crippen molar-refractivity contribution < 1.29 is 18.0 Å². The number of hydrogen-bond donors (Lipinski definition) is 2. The molecule has 0 amide bonds. The predicted octanol–water partition coefficient (Wildman–Crippen LogP) is 1.00. The van der Waals surface area contributed by atoms with Crippen molar-refractivity contribution in [3.05, 3.63) is 24.3 Å². The average Bonchev–Trinajstić information content (AvgIpc) is 2.26. The number of carbonyl (C=O) groups is 1. The van der Waals surface area contributed by atoms with Gasteiger partial charge in [0, 0.05) is 6.42 Å². The van der Waals surface area contributed by atoms with Crippen molar-refractivity contribution in [2.75, 3.05) is 5.48 Å². The molecule has 0 aromatic heterocycles. The normalized spacial score (nSPS) is 10.9. The smallest absolute Gasteiger partial charge is 0.332 e. The van der Waals surface area contributed by atoms with Gasteiger partial charge < -0.3 is 4.84 Å². The van der Waals surface area contributed by atoms with Crippen LogP contribution in [0.4, 0.5) is 5.69 Å². The molecule has 0 unspecified atom stereocenters. The molecule has 0 aliphatic carbocycles. The summed E-state index contributed by atoms with van der Waals surface area (Å²) in [7, 11) is -3.70. The first-order valence-electron chi connectivity index (χ1n) is 5.02. The standard InChI is InChI=1S/C10H14N2O4S/c1-2-3-10(13)16-12-8-4-6-9(7-5-8)17(11,14)15/h4-7,12H,2-3H2,1H3,(H2,11,14,15). The molecule has 0 radical (unpaired) electrons. The highest BCUT2D eigenvalue weighted by molar-refractivity contribution is 7.89. The summed E-state index contributed by atoms with van der Waals surface area (Å²) in [5, 5.41) is 4.94. The summed E-state index contributed by atoms with van der Waals surface area (Å²) in [6.45, 7) is 1.86. The van der Waals surface area contributed by atoms with Crippen molar-refractivity contribution in [3.8, 4) is 0 Å². The Balaban J connectivity index is 2.60. The zero-order valence-electron chi connectivity index (χ0n) is 9.34. The number of nitrogens with two attached hydrogens (primary N) is 1. The van der Waals surface area contributed by atoms with Crippen LogP contribution < -0.4 is 10.6 Å². The van der Waals surface area contributed by atoms with Crippen molar-refractivity contribution >= 4 is 21.7 Å². The van der Waals surface area contributed by atoms with E-state index in [2.05, 4.69) is 5.48 Å². The second kappa shape index (κ2) is 5.65. The van der Waals surface area contributed by atoms with E-state index in [-0.39, 0.29) is 10.9 Å². The molecule has 0 spiro atoms. The molecule has 0 fully saturated rings. The Morgan fingerprint density at radius 1 is 1.35 bits per heavy atom. The molecule has 0 atom stereocenters. The first-order valence-corrected chi connectivity index (χ1v) is 6.56. The molecular weight excluding hydrogens is 244 g/mol. The average molecular weight is 258 g/mol. The van der Waals surface area contributed by atoms with Crippen LogP contribution in [-0.2, 0) is 19.7 Å². The summed E-state index contributed by atoms with van der Waals surface area (Å²) >= 11 is 0. The highest BCUT2D eigenvalue weighted by Crippen LogP contribution is 2.12. The van der Waals surface area contributed by atoms with E-state index in [1.165, 1.54) is 24.3 Å². The van der Waals surface area contributed by atoms with Crippen LogP contribution in [-0.4, -0.2) is 14.4 Å². The summed E-state index contributed by atoms with van der Waals surface area (Å²) in [5.74, 6) is -0.372. The number of primary sulfonamides is 1. The van der Waals surface area contributed by atoms with Crippen molar-refractivity contribution in [2.45, 2.75) is 24.7 Å². The Kier molecular flexibility index (Phi) is 4.47. The number of nitrogens with one attached hydrogen (secondary N) is 1. The largest absolute Gasteiger partial charge is 0.343 e. The molecule has 1 aromatic rings. The summed E-state index contributed by atoms with van der Waals surface area (Å²) < 4.78 is 21.9. The SMILES string of the molecule is CCCC(=O)ONc1ccc(S(N)(=O)=O)cc1. The Labute approximate surface area is 99.8 Å². The lowest BCUT2D eigenvalue weighted by Gasteiger charge is -2.06. The van der Waals surface area contributed by atoms with Crippen LogP contribution in [0.1, 0.15) is 19.8 Å². The van der Waals surface area contributed by atoms with E-state index < -0.39 is 10.0 Å². The van der Waals surface area contributed by atoms with E-state index in [1.807, 2.05) is 6.92 Å². The topological polar surface area (TPSA) is 98.5 Å². The fourth-order valence-electron chi connectivity index (χ4n) is 1.08. The molecule has 94 valence electrons. The van der Waals surface area contributed by atoms with E-state index in [0.717, 1.165) is 0 Å². The quantitative estimate of drug-likeness (QED) is 0.768. The van der Waals surface area contributed by atoms with Gasteiger partial charge in [0.05, 0.1) is 10.6 Å². The van der Waals surface area contributed by atoms with Crippen LogP contribution in [0, 0.1) is 0 Å². The first-order chi connectivity index (χ1) is 7.93. The Morgan fingerprint density at radius 3 is 2.41 bits per heavy atom. The number of sulfonamides is 1. The molecule has 6 nitrogen and oxygen atoms in total. The summed E-state index contributed by atoms with van der Waals surface area (Å²) in [6.07, 6.45) is 1.02. The highest BCUT2D eigenvalue weighted by atomic mass is 32.2. The predicted molar refractivity (Wildman–Crippen MR) is 62.4 cm³/mol. The zero-order chi connectivity index (χ0) is 12.9. The van der Waals surface area contributed by atoms with Crippen LogP contribution in [0.3, 0.4) is 0 Å². The molecule has 1 aromatic carbocycles. The maximum Gasteiger partial charge on any atom is 0.332 e. The van der Waals surface area contributed by atoms with Gasteiger partial charge in [-0.15, -0.1) is 0 Å². The number of rotatable bonds is 5. The van der Waals surface area contributed by atoms with Crippen molar-refractivity contribution in [1.82, 2.24) is 0 Å². The van der Waals surface area contributed by atoms with Gasteiger partial charge in [-0.05, 0) is 30.7 Å². The highest BCUT2D eigenvalue weighted by Gasteiger charge is 2.07. The fraction of sp³-hybridized carbons (Fsp3) is 0.300. The second-order valence-electron chi connectivity index (χ2n) is 3.40. The molecule has 0 aliphatic heterocycles. The lowest BCUT2D eigenvalue weighted by molar-refractivity contribution is -0.140. The van der Waals surface area contributed by atoms with Gasteiger partial charge in [0.25, 0.3) is 0 Å². The van der Waals surface area contributed by atoms with Gasteiger partial charge in [-0.1, -0.05) is 6.92 Å². The van der Waals surface area contributed by atoms with Crippen molar-refractivity contribution in [1.29, 1.82) is 0 Å². The molecule has 0 aliphatic rings. The number of benzene rings is 1. The van der Waals surface area contributed by atoms with Crippen molar-refractivity contribution in [2.24, 2.45) is 5.14 Å². The minimum Gasteiger partial charge on any atom is -0.343 e.